The van der Waals surface area contributed by atoms with Crippen LogP contribution in [0.5, 0.6) is 0 Å². The normalized spacial score (nSPS) is 10.8. The Balaban J connectivity index is 2.05. The van der Waals surface area contributed by atoms with Gasteiger partial charge in [0.05, 0.1) is 5.69 Å². The molecule has 3 rings (SSSR count). The van der Waals surface area contributed by atoms with E-state index in [1.165, 1.54) is 6.07 Å². The van der Waals surface area contributed by atoms with Crippen LogP contribution in [-0.4, -0.2) is 25.8 Å². The van der Waals surface area contributed by atoms with Gasteiger partial charge in [0, 0.05) is 29.7 Å². The average molecular weight is 253 g/mol. The molecule has 0 saturated heterocycles. The number of aromatic nitrogens is 3. The van der Waals surface area contributed by atoms with Crippen LogP contribution in [0.25, 0.3) is 22.2 Å². The summed E-state index contributed by atoms with van der Waals surface area (Å²) in [4.78, 5) is 10.7. The number of rotatable bonds is 2. The predicted molar refractivity (Wildman–Crippen MR) is 70.9 cm³/mol. The van der Waals surface area contributed by atoms with Crippen LogP contribution >= 0.6 is 0 Å². The lowest BCUT2D eigenvalue weighted by Crippen LogP contribution is -2.01. The fourth-order valence-electron chi connectivity index (χ4n) is 2.04. The van der Waals surface area contributed by atoms with Gasteiger partial charge >= 0.3 is 5.97 Å². The molecule has 0 amide bonds. The van der Waals surface area contributed by atoms with Gasteiger partial charge in [-0.05, 0) is 30.3 Å². The quantitative estimate of drug-likeness (QED) is 0.761. The molecular formula is C14H11N3O2. The first-order valence-electron chi connectivity index (χ1n) is 5.77. The lowest BCUT2D eigenvalue weighted by atomic mass is 10.1. The molecule has 5 heteroatoms. The van der Waals surface area contributed by atoms with Crippen molar-refractivity contribution in [2.75, 3.05) is 0 Å². The highest BCUT2D eigenvalue weighted by Gasteiger charge is 2.07. The summed E-state index contributed by atoms with van der Waals surface area (Å²) in [6, 6.07) is 11.1. The molecule has 0 aliphatic rings. The van der Waals surface area contributed by atoms with Crippen LogP contribution in [0.4, 0.5) is 0 Å². The van der Waals surface area contributed by atoms with E-state index in [-0.39, 0.29) is 5.69 Å². The van der Waals surface area contributed by atoms with Crippen molar-refractivity contribution >= 4 is 16.9 Å². The number of carboxylic acid groups (broad SMARTS) is 1. The summed E-state index contributed by atoms with van der Waals surface area (Å²) in [6.45, 7) is 0. The number of hydrogen-bond donors (Lipinski definition) is 1. The molecule has 0 bridgehead atoms. The van der Waals surface area contributed by atoms with Gasteiger partial charge in [-0.1, -0.05) is 6.07 Å². The van der Waals surface area contributed by atoms with E-state index >= 15 is 0 Å². The second kappa shape index (κ2) is 4.20. The highest BCUT2D eigenvalue weighted by Crippen LogP contribution is 2.23. The minimum absolute atomic E-state index is 0.0514. The molecule has 19 heavy (non-hydrogen) atoms. The molecule has 2 aromatic heterocycles. The lowest BCUT2D eigenvalue weighted by molar-refractivity contribution is 0.0689. The number of nitrogens with zero attached hydrogens (tertiary/aromatic N) is 3. The van der Waals surface area contributed by atoms with E-state index in [4.69, 9.17) is 5.11 Å². The topological polar surface area (TPSA) is 68.0 Å². The maximum atomic E-state index is 10.7. The maximum absolute atomic E-state index is 10.7. The number of carbonyl (C=O) groups is 1. The minimum atomic E-state index is -1.07. The van der Waals surface area contributed by atoms with Crippen LogP contribution in [0.3, 0.4) is 0 Å². The summed E-state index contributed by atoms with van der Waals surface area (Å²) in [5.41, 5.74) is 2.67. The first kappa shape index (κ1) is 11.4. The zero-order valence-corrected chi connectivity index (χ0v) is 10.2. The Morgan fingerprint density at radius 3 is 2.68 bits per heavy atom. The van der Waals surface area contributed by atoms with Crippen LogP contribution in [-0.2, 0) is 7.05 Å². The summed E-state index contributed by atoms with van der Waals surface area (Å²) in [5.74, 6) is -1.07. The van der Waals surface area contributed by atoms with Crippen LogP contribution in [0, 0.1) is 0 Å². The fourth-order valence-corrected chi connectivity index (χ4v) is 2.04. The Hall–Kier alpha value is -2.69. The van der Waals surface area contributed by atoms with Crippen molar-refractivity contribution in [3.05, 3.63) is 48.3 Å². The van der Waals surface area contributed by atoms with Crippen LogP contribution in [0.15, 0.2) is 42.6 Å². The van der Waals surface area contributed by atoms with Crippen molar-refractivity contribution in [3.8, 4) is 11.3 Å². The number of aromatic carboxylic acids is 1. The first-order chi connectivity index (χ1) is 9.15. The van der Waals surface area contributed by atoms with Crippen molar-refractivity contribution in [1.29, 1.82) is 0 Å². The van der Waals surface area contributed by atoms with E-state index in [9.17, 15) is 4.79 Å². The number of benzene rings is 1. The Bertz CT molecular complexity index is 760. The molecule has 0 spiro atoms. The van der Waals surface area contributed by atoms with Crippen molar-refractivity contribution in [2.45, 2.75) is 0 Å². The van der Waals surface area contributed by atoms with Gasteiger partial charge in [0.15, 0.2) is 5.69 Å². The molecule has 0 atom stereocenters. The number of carboxylic acids is 1. The first-order valence-corrected chi connectivity index (χ1v) is 5.77. The van der Waals surface area contributed by atoms with Gasteiger partial charge in [0.25, 0.3) is 0 Å². The van der Waals surface area contributed by atoms with E-state index in [2.05, 4.69) is 10.2 Å². The largest absolute Gasteiger partial charge is 0.476 e. The molecule has 0 saturated carbocycles. The van der Waals surface area contributed by atoms with Crippen LogP contribution in [0.1, 0.15) is 10.5 Å². The highest BCUT2D eigenvalue weighted by molar-refractivity contribution is 5.86. The highest BCUT2D eigenvalue weighted by atomic mass is 16.4. The third kappa shape index (κ3) is 1.95. The fraction of sp³-hybridized carbons (Fsp3) is 0.0714. The lowest BCUT2D eigenvalue weighted by Gasteiger charge is -2.02. The Morgan fingerprint density at radius 1 is 1.16 bits per heavy atom. The molecule has 1 N–H and O–H groups in total. The zero-order valence-electron chi connectivity index (χ0n) is 10.2. The van der Waals surface area contributed by atoms with E-state index in [0.717, 1.165) is 16.5 Å². The second-order valence-corrected chi connectivity index (χ2v) is 4.31. The van der Waals surface area contributed by atoms with E-state index in [0.29, 0.717) is 5.69 Å². The van der Waals surface area contributed by atoms with E-state index in [1.807, 2.05) is 42.1 Å². The van der Waals surface area contributed by atoms with Gasteiger partial charge in [-0.3, -0.25) is 0 Å². The summed E-state index contributed by atoms with van der Waals surface area (Å²) < 4.78 is 2.04. The molecule has 0 unspecified atom stereocenters. The molecular weight excluding hydrogens is 242 g/mol. The SMILES string of the molecule is Cn1ccc2cc(-c3ccc(C(=O)O)nn3)ccc21. The van der Waals surface area contributed by atoms with E-state index < -0.39 is 5.97 Å². The van der Waals surface area contributed by atoms with Crippen molar-refractivity contribution in [1.82, 2.24) is 14.8 Å². The van der Waals surface area contributed by atoms with Gasteiger partial charge < -0.3 is 9.67 Å². The molecule has 94 valence electrons. The molecule has 0 radical (unpaired) electrons. The van der Waals surface area contributed by atoms with Gasteiger partial charge in [-0.25, -0.2) is 4.79 Å². The van der Waals surface area contributed by atoms with Crippen LogP contribution in [0.2, 0.25) is 0 Å². The van der Waals surface area contributed by atoms with Crippen molar-refractivity contribution in [3.63, 3.8) is 0 Å². The van der Waals surface area contributed by atoms with Crippen LogP contribution < -0.4 is 0 Å². The van der Waals surface area contributed by atoms with Gasteiger partial charge in [0.1, 0.15) is 0 Å². The molecule has 0 aliphatic carbocycles. The smallest absolute Gasteiger partial charge is 0.356 e. The second-order valence-electron chi connectivity index (χ2n) is 4.31. The molecule has 0 fully saturated rings. The maximum Gasteiger partial charge on any atom is 0.356 e. The van der Waals surface area contributed by atoms with Gasteiger partial charge in [-0.15, -0.1) is 10.2 Å². The molecule has 1 aromatic carbocycles. The summed E-state index contributed by atoms with van der Waals surface area (Å²) in [5, 5.41) is 17.5. The van der Waals surface area contributed by atoms with Crippen molar-refractivity contribution in [2.24, 2.45) is 7.05 Å². The Kier molecular flexibility index (Phi) is 2.52. The minimum Gasteiger partial charge on any atom is -0.476 e. The third-order valence-electron chi connectivity index (χ3n) is 3.06. The number of aryl methyl sites for hydroxylation is 1. The molecule has 3 aromatic rings. The Morgan fingerprint density at radius 2 is 2.00 bits per heavy atom. The monoisotopic (exact) mass is 253 g/mol. The predicted octanol–water partition coefficient (Wildman–Crippen LogP) is 2.33. The average Bonchev–Trinajstić information content (AvgIpc) is 2.80. The zero-order chi connectivity index (χ0) is 13.4. The summed E-state index contributed by atoms with van der Waals surface area (Å²) >= 11 is 0. The van der Waals surface area contributed by atoms with Gasteiger partial charge in [-0.2, -0.15) is 0 Å². The standard InChI is InChI=1S/C14H11N3O2/c1-17-7-6-10-8-9(2-5-13(10)17)11-3-4-12(14(18)19)16-15-11/h2-8H,1H3,(H,18,19). The number of fused-ring (bicyclic) bond motifs is 1. The molecule has 5 nitrogen and oxygen atoms in total. The molecule has 0 aliphatic heterocycles. The van der Waals surface area contributed by atoms with E-state index in [1.54, 1.807) is 6.07 Å². The third-order valence-corrected chi connectivity index (χ3v) is 3.06. The van der Waals surface area contributed by atoms with Gasteiger partial charge in [0.2, 0.25) is 0 Å². The Labute approximate surface area is 109 Å². The summed E-state index contributed by atoms with van der Waals surface area (Å²) in [7, 11) is 1.99. The number of hydrogen-bond acceptors (Lipinski definition) is 3. The van der Waals surface area contributed by atoms with Crippen molar-refractivity contribution < 1.29 is 9.90 Å². The molecule has 2 heterocycles. The summed E-state index contributed by atoms with van der Waals surface area (Å²) in [6.07, 6.45) is 1.99.